The van der Waals surface area contributed by atoms with Crippen LogP contribution in [0.3, 0.4) is 0 Å². The number of hydrogen-bond donors (Lipinski definition) is 0. The lowest BCUT2D eigenvalue weighted by Gasteiger charge is -2.46. The summed E-state index contributed by atoms with van der Waals surface area (Å²) in [6.45, 7) is 4.44. The van der Waals surface area contributed by atoms with Crippen LogP contribution >= 0.6 is 23.5 Å². The molecule has 1 saturated heterocycles. The Balaban J connectivity index is 1.75. The lowest BCUT2D eigenvalue weighted by Crippen LogP contribution is -2.41. The van der Waals surface area contributed by atoms with E-state index in [2.05, 4.69) is 61.4 Å². The Kier molecular flexibility index (Phi) is 3.36. The van der Waals surface area contributed by atoms with Crippen LogP contribution in [0, 0.1) is 5.41 Å². The SMILES string of the molecule is CC1(C)CC(=O)C2=C(C1)N1C=Cc3ccccc3C1=CC21SCCS1. The molecule has 0 radical (unpaired) electrons. The van der Waals surface area contributed by atoms with Crippen molar-refractivity contribution < 1.29 is 4.79 Å². The lowest BCUT2D eigenvalue weighted by atomic mass is 9.73. The van der Waals surface area contributed by atoms with Crippen LogP contribution in [0.25, 0.3) is 11.8 Å². The Hall–Kier alpha value is -1.39. The number of nitrogens with zero attached hydrogens (tertiary/aromatic N) is 1. The van der Waals surface area contributed by atoms with Crippen molar-refractivity contribution in [2.24, 2.45) is 5.41 Å². The van der Waals surface area contributed by atoms with Gasteiger partial charge < -0.3 is 4.90 Å². The van der Waals surface area contributed by atoms with Gasteiger partial charge in [-0.15, -0.1) is 23.5 Å². The predicted octanol–water partition coefficient (Wildman–Crippen LogP) is 5.15. The molecule has 1 fully saturated rings. The molecule has 0 saturated carbocycles. The summed E-state index contributed by atoms with van der Waals surface area (Å²) < 4.78 is -0.187. The molecular weight excluding hydrogens is 346 g/mol. The summed E-state index contributed by atoms with van der Waals surface area (Å²) in [5.74, 6) is 2.56. The molecule has 4 heteroatoms. The second-order valence-electron chi connectivity index (χ2n) is 7.93. The van der Waals surface area contributed by atoms with Crippen LogP contribution in [-0.4, -0.2) is 26.3 Å². The Labute approximate surface area is 157 Å². The van der Waals surface area contributed by atoms with Crippen LogP contribution < -0.4 is 0 Å². The minimum atomic E-state index is -0.187. The van der Waals surface area contributed by atoms with Gasteiger partial charge in [-0.2, -0.15) is 0 Å². The molecule has 0 N–H and O–H groups in total. The van der Waals surface area contributed by atoms with Gasteiger partial charge in [-0.05, 0) is 29.6 Å². The van der Waals surface area contributed by atoms with Crippen LogP contribution in [0.5, 0.6) is 0 Å². The van der Waals surface area contributed by atoms with E-state index >= 15 is 0 Å². The van der Waals surface area contributed by atoms with Gasteiger partial charge in [0.25, 0.3) is 0 Å². The van der Waals surface area contributed by atoms with E-state index in [1.807, 2.05) is 23.5 Å². The zero-order chi connectivity index (χ0) is 17.2. The Morgan fingerprint density at radius 3 is 2.64 bits per heavy atom. The van der Waals surface area contributed by atoms with Crippen LogP contribution in [0.4, 0.5) is 0 Å². The molecule has 3 heterocycles. The highest BCUT2D eigenvalue weighted by molar-refractivity contribution is 8.22. The quantitative estimate of drug-likeness (QED) is 0.632. The number of carbonyl (C=O) groups is 1. The Bertz CT molecular complexity index is 872. The smallest absolute Gasteiger partial charge is 0.163 e. The molecule has 5 rings (SSSR count). The average Bonchev–Trinajstić information content (AvgIpc) is 3.02. The molecule has 0 bridgehead atoms. The van der Waals surface area contributed by atoms with E-state index in [4.69, 9.17) is 0 Å². The largest absolute Gasteiger partial charge is 0.320 e. The van der Waals surface area contributed by atoms with Crippen molar-refractivity contribution in [3.63, 3.8) is 0 Å². The normalized spacial score (nSPS) is 25.6. The van der Waals surface area contributed by atoms with Gasteiger partial charge in [0.05, 0.1) is 5.70 Å². The third kappa shape index (κ3) is 2.30. The molecule has 1 aromatic carbocycles. The van der Waals surface area contributed by atoms with E-state index in [0.29, 0.717) is 12.2 Å². The average molecular weight is 368 g/mol. The highest BCUT2D eigenvalue weighted by Crippen LogP contribution is 2.59. The molecule has 1 aliphatic carbocycles. The fourth-order valence-electron chi connectivity index (χ4n) is 4.42. The zero-order valence-electron chi connectivity index (χ0n) is 14.5. The summed E-state index contributed by atoms with van der Waals surface area (Å²) in [6, 6.07) is 8.58. The number of Topliss-reactive ketones (excluding diaryl/α,β-unsaturated/α-hetero) is 1. The first-order valence-corrected chi connectivity index (χ1v) is 10.8. The Morgan fingerprint density at radius 2 is 1.84 bits per heavy atom. The van der Waals surface area contributed by atoms with Crippen molar-refractivity contribution in [1.29, 1.82) is 0 Å². The number of carbonyl (C=O) groups excluding carboxylic acids is 1. The lowest BCUT2D eigenvalue weighted by molar-refractivity contribution is -0.118. The van der Waals surface area contributed by atoms with Gasteiger partial charge in [0.15, 0.2) is 5.78 Å². The molecule has 25 heavy (non-hydrogen) atoms. The van der Waals surface area contributed by atoms with Crippen molar-refractivity contribution in [2.45, 2.75) is 30.8 Å². The first-order chi connectivity index (χ1) is 12.0. The van der Waals surface area contributed by atoms with Crippen molar-refractivity contribution in [1.82, 2.24) is 4.90 Å². The van der Waals surface area contributed by atoms with Crippen LogP contribution in [0.1, 0.15) is 37.8 Å². The molecule has 1 spiro atoms. The summed E-state index contributed by atoms with van der Waals surface area (Å²) >= 11 is 3.89. The molecule has 0 unspecified atom stereocenters. The molecule has 128 valence electrons. The maximum absolute atomic E-state index is 13.2. The van der Waals surface area contributed by atoms with Gasteiger partial charge in [-0.25, -0.2) is 0 Å². The van der Waals surface area contributed by atoms with Gasteiger partial charge in [0.1, 0.15) is 4.08 Å². The molecule has 3 aliphatic heterocycles. The molecule has 1 aromatic rings. The highest BCUT2D eigenvalue weighted by atomic mass is 32.2. The van der Waals surface area contributed by atoms with Gasteiger partial charge in [0, 0.05) is 41.0 Å². The fourth-order valence-corrected chi connectivity index (χ4v) is 7.67. The molecule has 0 aromatic heterocycles. The van der Waals surface area contributed by atoms with Crippen LogP contribution in [-0.2, 0) is 4.79 Å². The monoisotopic (exact) mass is 367 g/mol. The van der Waals surface area contributed by atoms with E-state index < -0.39 is 0 Å². The third-order valence-electron chi connectivity index (χ3n) is 5.43. The van der Waals surface area contributed by atoms with Gasteiger partial charge >= 0.3 is 0 Å². The number of hydrogen-bond acceptors (Lipinski definition) is 4. The van der Waals surface area contributed by atoms with E-state index in [1.54, 1.807) is 0 Å². The molecular formula is C21H21NOS2. The number of allylic oxidation sites excluding steroid dienone is 1. The number of ketones is 1. The predicted molar refractivity (Wildman–Crippen MR) is 108 cm³/mol. The van der Waals surface area contributed by atoms with Gasteiger partial charge in [-0.1, -0.05) is 38.1 Å². The molecule has 2 nitrogen and oxygen atoms in total. The summed E-state index contributed by atoms with van der Waals surface area (Å²) in [7, 11) is 0. The molecule has 4 aliphatic rings. The summed E-state index contributed by atoms with van der Waals surface area (Å²) in [6.07, 6.45) is 8.32. The Morgan fingerprint density at radius 1 is 1.08 bits per heavy atom. The summed E-state index contributed by atoms with van der Waals surface area (Å²) in [5, 5.41) is 0. The zero-order valence-corrected chi connectivity index (χ0v) is 16.2. The number of fused-ring (bicyclic) bond motifs is 5. The van der Waals surface area contributed by atoms with E-state index in [0.717, 1.165) is 23.5 Å². The van der Waals surface area contributed by atoms with Crippen LogP contribution in [0.15, 0.2) is 47.8 Å². The summed E-state index contributed by atoms with van der Waals surface area (Å²) in [5.41, 5.74) is 6.11. The van der Waals surface area contributed by atoms with Crippen molar-refractivity contribution in [3.05, 3.63) is 58.9 Å². The number of rotatable bonds is 0. The second-order valence-corrected chi connectivity index (χ2v) is 10.9. The first-order valence-electron chi connectivity index (χ1n) is 8.84. The summed E-state index contributed by atoms with van der Waals surface area (Å²) in [4.78, 5) is 15.5. The van der Waals surface area contributed by atoms with E-state index in [9.17, 15) is 4.79 Å². The van der Waals surface area contributed by atoms with Crippen molar-refractivity contribution in [3.8, 4) is 0 Å². The standard InChI is InChI=1S/C21H21NOS2/c1-20(2)11-17-19(18(23)13-20)21(24-9-10-25-21)12-16-15-6-4-3-5-14(15)7-8-22(16)17/h3-8,12H,9-11,13H2,1-2H3. The topological polar surface area (TPSA) is 20.3 Å². The number of thioether (sulfide) groups is 2. The van der Waals surface area contributed by atoms with Gasteiger partial charge in [0.2, 0.25) is 0 Å². The van der Waals surface area contributed by atoms with E-state index in [1.165, 1.54) is 22.5 Å². The maximum Gasteiger partial charge on any atom is 0.163 e. The van der Waals surface area contributed by atoms with Gasteiger partial charge in [-0.3, -0.25) is 4.79 Å². The highest BCUT2D eigenvalue weighted by Gasteiger charge is 2.50. The fraction of sp³-hybridized carbons (Fsp3) is 0.381. The molecule has 0 atom stereocenters. The van der Waals surface area contributed by atoms with Crippen molar-refractivity contribution in [2.75, 3.05) is 11.5 Å². The van der Waals surface area contributed by atoms with E-state index in [-0.39, 0.29) is 9.49 Å². The minimum Gasteiger partial charge on any atom is -0.320 e. The minimum absolute atomic E-state index is 0.0261. The first kappa shape index (κ1) is 15.8. The van der Waals surface area contributed by atoms with Crippen LogP contribution in [0.2, 0.25) is 0 Å². The maximum atomic E-state index is 13.2. The second kappa shape index (κ2) is 5.31. The molecule has 0 amide bonds. The number of benzene rings is 1. The van der Waals surface area contributed by atoms with Crippen molar-refractivity contribution >= 4 is 41.1 Å². The third-order valence-corrected chi connectivity index (χ3v) is 8.72.